The number of pyridine rings is 1. The van der Waals surface area contributed by atoms with Gasteiger partial charge in [-0.05, 0) is 52.0 Å². The van der Waals surface area contributed by atoms with Gasteiger partial charge in [-0.15, -0.1) is 0 Å². The van der Waals surface area contributed by atoms with Gasteiger partial charge in [0.1, 0.15) is 0 Å². The molecule has 6 heteroatoms. The molecule has 0 bridgehead atoms. The molecular weight excluding hydrogens is 304 g/mol. The van der Waals surface area contributed by atoms with Crippen LogP contribution in [0.2, 0.25) is 0 Å². The van der Waals surface area contributed by atoms with Gasteiger partial charge in [-0.1, -0.05) is 0 Å². The molecule has 1 amide bonds. The summed E-state index contributed by atoms with van der Waals surface area (Å²) < 4.78 is 7.45. The molecule has 1 N–H and O–H groups in total. The predicted octanol–water partition coefficient (Wildman–Crippen LogP) is 2.87. The van der Waals surface area contributed by atoms with Crippen molar-refractivity contribution in [1.82, 2.24) is 20.1 Å². The van der Waals surface area contributed by atoms with E-state index in [1.54, 1.807) is 6.20 Å². The van der Waals surface area contributed by atoms with Gasteiger partial charge in [-0.3, -0.25) is 4.79 Å². The number of nitrogens with zero attached hydrogens (tertiary/aromatic N) is 3. The Morgan fingerprint density at radius 2 is 2.25 bits per heavy atom. The molecule has 3 rings (SSSR count). The highest BCUT2D eigenvalue weighted by atomic mass is 16.5. The minimum atomic E-state index is -0.0820. The Bertz CT molecular complexity index is 719. The maximum atomic E-state index is 12.4. The Hall–Kier alpha value is -1.95. The van der Waals surface area contributed by atoms with E-state index in [0.717, 1.165) is 35.7 Å². The maximum Gasteiger partial charge on any atom is 0.253 e. The van der Waals surface area contributed by atoms with Crippen LogP contribution in [0, 0.1) is 12.8 Å². The number of aromatic nitrogens is 3. The van der Waals surface area contributed by atoms with E-state index in [9.17, 15) is 4.79 Å². The molecule has 6 nitrogen and oxygen atoms in total. The third-order valence-electron chi connectivity index (χ3n) is 4.29. The second-order valence-corrected chi connectivity index (χ2v) is 6.84. The highest BCUT2D eigenvalue weighted by Gasteiger charge is 2.21. The van der Waals surface area contributed by atoms with Gasteiger partial charge in [0.05, 0.1) is 17.5 Å². The third kappa shape index (κ3) is 3.93. The first-order chi connectivity index (χ1) is 11.6. The van der Waals surface area contributed by atoms with Crippen LogP contribution in [-0.2, 0) is 4.74 Å². The quantitative estimate of drug-likeness (QED) is 0.756. The van der Waals surface area contributed by atoms with E-state index >= 15 is 0 Å². The number of hydrogen-bond acceptors (Lipinski definition) is 4. The standard InChI is InChI=1S/C18H26N4O2/c1-12(2)22-17-15(10-20-22)9-16(13(3)21-17)18(23)19-7-4-8-24-11-14-5-6-14/h9-10,12,14H,4-8,11H2,1-3H3,(H,19,23). The lowest BCUT2D eigenvalue weighted by Gasteiger charge is -2.10. The van der Waals surface area contributed by atoms with Crippen LogP contribution >= 0.6 is 0 Å². The van der Waals surface area contributed by atoms with Gasteiger partial charge in [0, 0.05) is 31.2 Å². The maximum absolute atomic E-state index is 12.4. The minimum absolute atomic E-state index is 0.0820. The Morgan fingerprint density at radius 1 is 1.46 bits per heavy atom. The Morgan fingerprint density at radius 3 is 2.96 bits per heavy atom. The van der Waals surface area contributed by atoms with Crippen LogP contribution < -0.4 is 5.32 Å². The largest absolute Gasteiger partial charge is 0.381 e. The highest BCUT2D eigenvalue weighted by Crippen LogP contribution is 2.28. The molecule has 24 heavy (non-hydrogen) atoms. The number of fused-ring (bicyclic) bond motifs is 1. The van der Waals surface area contributed by atoms with Gasteiger partial charge >= 0.3 is 0 Å². The van der Waals surface area contributed by atoms with Crippen molar-refractivity contribution in [2.45, 2.75) is 46.1 Å². The van der Waals surface area contributed by atoms with Crippen LogP contribution in [0.1, 0.15) is 55.2 Å². The van der Waals surface area contributed by atoms with Crippen LogP contribution in [0.15, 0.2) is 12.3 Å². The molecular formula is C18H26N4O2. The van der Waals surface area contributed by atoms with Crippen molar-refractivity contribution in [3.05, 3.63) is 23.5 Å². The van der Waals surface area contributed by atoms with Crippen molar-refractivity contribution in [3.63, 3.8) is 0 Å². The van der Waals surface area contributed by atoms with E-state index in [2.05, 4.69) is 29.2 Å². The van der Waals surface area contributed by atoms with Crippen LogP contribution in [0.4, 0.5) is 0 Å². The van der Waals surface area contributed by atoms with Crippen molar-refractivity contribution < 1.29 is 9.53 Å². The Labute approximate surface area is 142 Å². The van der Waals surface area contributed by atoms with E-state index < -0.39 is 0 Å². The number of carbonyl (C=O) groups excluding carboxylic acids is 1. The van der Waals surface area contributed by atoms with Crippen LogP contribution in [0.5, 0.6) is 0 Å². The summed E-state index contributed by atoms with van der Waals surface area (Å²) in [6.07, 6.45) is 5.21. The fourth-order valence-electron chi connectivity index (χ4n) is 2.68. The number of nitrogens with one attached hydrogen (secondary N) is 1. The molecule has 0 aliphatic heterocycles. The van der Waals surface area contributed by atoms with E-state index in [-0.39, 0.29) is 11.9 Å². The molecule has 1 saturated carbocycles. The van der Waals surface area contributed by atoms with Crippen LogP contribution in [-0.4, -0.2) is 40.4 Å². The van der Waals surface area contributed by atoms with E-state index in [0.29, 0.717) is 18.7 Å². The number of rotatable bonds is 8. The fraction of sp³-hybridized carbons (Fsp3) is 0.611. The van der Waals surface area contributed by atoms with E-state index in [1.165, 1.54) is 12.8 Å². The monoisotopic (exact) mass is 330 g/mol. The highest BCUT2D eigenvalue weighted by molar-refractivity contribution is 5.98. The Balaban J connectivity index is 1.56. The summed E-state index contributed by atoms with van der Waals surface area (Å²) in [5, 5.41) is 8.20. The molecule has 2 aromatic heterocycles. The molecule has 2 heterocycles. The first-order valence-corrected chi connectivity index (χ1v) is 8.77. The van der Waals surface area contributed by atoms with Crippen molar-refractivity contribution in [3.8, 4) is 0 Å². The summed E-state index contributed by atoms with van der Waals surface area (Å²) in [4.78, 5) is 17.0. The zero-order valence-electron chi connectivity index (χ0n) is 14.7. The average Bonchev–Trinajstić information content (AvgIpc) is 3.27. The summed E-state index contributed by atoms with van der Waals surface area (Å²) in [6.45, 7) is 8.18. The van der Waals surface area contributed by atoms with Gasteiger partial charge < -0.3 is 10.1 Å². The average molecular weight is 330 g/mol. The molecule has 1 fully saturated rings. The molecule has 0 atom stereocenters. The first-order valence-electron chi connectivity index (χ1n) is 8.77. The van der Waals surface area contributed by atoms with Gasteiger partial charge in [-0.25, -0.2) is 9.67 Å². The van der Waals surface area contributed by atoms with Crippen molar-refractivity contribution in [2.24, 2.45) is 5.92 Å². The lowest BCUT2D eigenvalue weighted by atomic mass is 10.1. The summed E-state index contributed by atoms with van der Waals surface area (Å²) in [7, 11) is 0. The number of carbonyl (C=O) groups is 1. The second-order valence-electron chi connectivity index (χ2n) is 6.84. The molecule has 0 spiro atoms. The second kappa shape index (κ2) is 7.30. The zero-order valence-corrected chi connectivity index (χ0v) is 14.7. The van der Waals surface area contributed by atoms with Gasteiger partial charge in [-0.2, -0.15) is 5.10 Å². The summed E-state index contributed by atoms with van der Waals surface area (Å²) in [6, 6.07) is 2.12. The molecule has 1 aliphatic rings. The lowest BCUT2D eigenvalue weighted by Crippen LogP contribution is -2.26. The predicted molar refractivity (Wildman–Crippen MR) is 93.1 cm³/mol. The van der Waals surface area contributed by atoms with Crippen LogP contribution in [0.3, 0.4) is 0 Å². The number of hydrogen-bond donors (Lipinski definition) is 1. The smallest absolute Gasteiger partial charge is 0.253 e. The molecule has 0 saturated heterocycles. The minimum Gasteiger partial charge on any atom is -0.381 e. The SMILES string of the molecule is Cc1nc2c(cnn2C(C)C)cc1C(=O)NCCCOCC1CC1. The summed E-state index contributed by atoms with van der Waals surface area (Å²) >= 11 is 0. The van der Waals surface area contributed by atoms with Gasteiger partial charge in [0.25, 0.3) is 5.91 Å². The van der Waals surface area contributed by atoms with Crippen molar-refractivity contribution in [2.75, 3.05) is 19.8 Å². The van der Waals surface area contributed by atoms with Gasteiger partial charge in [0.2, 0.25) is 0 Å². The summed E-state index contributed by atoms with van der Waals surface area (Å²) in [5.41, 5.74) is 2.17. The number of ether oxygens (including phenoxy) is 1. The number of amides is 1. The molecule has 0 unspecified atom stereocenters. The lowest BCUT2D eigenvalue weighted by molar-refractivity contribution is 0.0936. The van der Waals surface area contributed by atoms with E-state index in [1.807, 2.05) is 17.7 Å². The molecule has 1 aliphatic carbocycles. The number of aryl methyl sites for hydroxylation is 1. The van der Waals surface area contributed by atoms with Gasteiger partial charge in [0.15, 0.2) is 5.65 Å². The molecule has 130 valence electrons. The third-order valence-corrected chi connectivity index (χ3v) is 4.29. The van der Waals surface area contributed by atoms with Crippen LogP contribution in [0.25, 0.3) is 11.0 Å². The Kier molecular flexibility index (Phi) is 5.14. The van der Waals surface area contributed by atoms with Crippen molar-refractivity contribution in [1.29, 1.82) is 0 Å². The zero-order chi connectivity index (χ0) is 17.1. The molecule has 0 radical (unpaired) electrons. The first kappa shape index (κ1) is 16.9. The normalized spacial score (nSPS) is 14.5. The van der Waals surface area contributed by atoms with Crippen molar-refractivity contribution >= 4 is 16.9 Å². The molecule has 0 aromatic carbocycles. The van der Waals surface area contributed by atoms with E-state index in [4.69, 9.17) is 4.74 Å². The fourth-order valence-corrected chi connectivity index (χ4v) is 2.68. The topological polar surface area (TPSA) is 69.0 Å². The molecule has 2 aromatic rings. The summed E-state index contributed by atoms with van der Waals surface area (Å²) in [5.74, 6) is 0.702.